The number of fused-ring (bicyclic) bond motifs is 1. The number of rotatable bonds is 4. The van der Waals surface area contributed by atoms with Crippen LogP contribution in [0.5, 0.6) is 0 Å². The van der Waals surface area contributed by atoms with E-state index in [0.717, 1.165) is 35.6 Å². The van der Waals surface area contributed by atoms with Crippen molar-refractivity contribution < 1.29 is 0 Å². The Kier molecular flexibility index (Phi) is 3.25. The van der Waals surface area contributed by atoms with Gasteiger partial charge in [-0.05, 0) is 24.3 Å². The fraction of sp³-hybridized carbons (Fsp3) is 0.200. The van der Waals surface area contributed by atoms with Gasteiger partial charge in [0.2, 0.25) is 0 Å². The van der Waals surface area contributed by atoms with Crippen LogP contribution in [0.25, 0.3) is 11.0 Å². The van der Waals surface area contributed by atoms with Crippen LogP contribution in [-0.2, 0) is 20.1 Å². The summed E-state index contributed by atoms with van der Waals surface area (Å²) < 4.78 is 2.13. The second-order valence-corrected chi connectivity index (χ2v) is 4.50. The molecule has 0 saturated heterocycles. The van der Waals surface area contributed by atoms with Crippen LogP contribution >= 0.6 is 0 Å². The summed E-state index contributed by atoms with van der Waals surface area (Å²) in [6, 6.07) is 14.1. The third-order valence-corrected chi connectivity index (χ3v) is 3.20. The Labute approximate surface area is 112 Å². The van der Waals surface area contributed by atoms with Crippen LogP contribution in [0.2, 0.25) is 0 Å². The molecule has 0 aliphatic heterocycles. The van der Waals surface area contributed by atoms with E-state index in [-0.39, 0.29) is 0 Å². The van der Waals surface area contributed by atoms with Crippen molar-refractivity contribution in [1.29, 1.82) is 0 Å². The molecule has 0 aliphatic carbocycles. The van der Waals surface area contributed by atoms with E-state index in [1.807, 2.05) is 49.6 Å². The standard InChI is InChI=1S/C15H16N4/c1-19-14-8-3-2-7-13(14)18-15(19)11-16-10-12-6-4-5-9-17-12/h2-9,16H,10-11H2,1H3. The Hall–Kier alpha value is -2.20. The Morgan fingerprint density at radius 2 is 1.89 bits per heavy atom. The van der Waals surface area contributed by atoms with E-state index in [0.29, 0.717) is 0 Å². The molecule has 4 nitrogen and oxygen atoms in total. The van der Waals surface area contributed by atoms with Crippen molar-refractivity contribution in [1.82, 2.24) is 19.9 Å². The molecule has 0 atom stereocenters. The molecule has 19 heavy (non-hydrogen) atoms. The highest BCUT2D eigenvalue weighted by Gasteiger charge is 2.06. The number of hydrogen-bond acceptors (Lipinski definition) is 3. The molecule has 4 heteroatoms. The molecular formula is C15H16N4. The van der Waals surface area contributed by atoms with Gasteiger partial charge in [-0.15, -0.1) is 0 Å². The molecule has 0 radical (unpaired) electrons. The SMILES string of the molecule is Cn1c(CNCc2ccccn2)nc2ccccc21. The first kappa shape index (κ1) is 11.9. The number of pyridine rings is 1. The van der Waals surface area contributed by atoms with Crippen molar-refractivity contribution in [3.63, 3.8) is 0 Å². The molecule has 0 aliphatic rings. The number of aryl methyl sites for hydroxylation is 1. The molecule has 3 rings (SSSR count). The van der Waals surface area contributed by atoms with E-state index in [1.54, 1.807) is 0 Å². The number of nitrogens with one attached hydrogen (secondary N) is 1. The van der Waals surface area contributed by atoms with Crippen molar-refractivity contribution in [3.8, 4) is 0 Å². The van der Waals surface area contributed by atoms with Gasteiger partial charge < -0.3 is 9.88 Å². The van der Waals surface area contributed by atoms with Gasteiger partial charge in [-0.1, -0.05) is 18.2 Å². The minimum Gasteiger partial charge on any atom is -0.330 e. The highest BCUT2D eigenvalue weighted by Crippen LogP contribution is 2.13. The average molecular weight is 252 g/mol. The van der Waals surface area contributed by atoms with Gasteiger partial charge in [0.05, 0.1) is 23.3 Å². The topological polar surface area (TPSA) is 42.7 Å². The summed E-state index contributed by atoms with van der Waals surface area (Å²) in [6.07, 6.45) is 1.81. The molecule has 0 spiro atoms. The minimum absolute atomic E-state index is 0.738. The number of aromatic nitrogens is 3. The van der Waals surface area contributed by atoms with Crippen molar-refractivity contribution >= 4 is 11.0 Å². The third kappa shape index (κ3) is 2.48. The lowest BCUT2D eigenvalue weighted by molar-refractivity contribution is 0.635. The second kappa shape index (κ2) is 5.20. The number of nitrogens with zero attached hydrogens (tertiary/aromatic N) is 3. The van der Waals surface area contributed by atoms with Crippen LogP contribution < -0.4 is 5.32 Å². The fourth-order valence-electron chi connectivity index (χ4n) is 2.16. The monoisotopic (exact) mass is 252 g/mol. The molecular weight excluding hydrogens is 236 g/mol. The Morgan fingerprint density at radius 1 is 1.05 bits per heavy atom. The summed E-state index contributed by atoms with van der Waals surface area (Å²) in [7, 11) is 2.05. The van der Waals surface area contributed by atoms with E-state index in [9.17, 15) is 0 Å². The first-order valence-corrected chi connectivity index (χ1v) is 6.35. The Balaban J connectivity index is 1.70. The molecule has 96 valence electrons. The van der Waals surface area contributed by atoms with Gasteiger partial charge >= 0.3 is 0 Å². The molecule has 3 aromatic rings. The third-order valence-electron chi connectivity index (χ3n) is 3.20. The molecule has 1 aromatic carbocycles. The maximum atomic E-state index is 4.62. The van der Waals surface area contributed by atoms with Gasteiger partial charge in [-0.2, -0.15) is 0 Å². The molecule has 2 aromatic heterocycles. The van der Waals surface area contributed by atoms with Crippen LogP contribution in [0.3, 0.4) is 0 Å². The van der Waals surface area contributed by atoms with Gasteiger partial charge in [0.1, 0.15) is 5.82 Å². The van der Waals surface area contributed by atoms with Gasteiger partial charge in [-0.25, -0.2) is 4.98 Å². The molecule has 2 heterocycles. The first-order valence-electron chi connectivity index (χ1n) is 6.35. The maximum absolute atomic E-state index is 4.62. The molecule has 1 N–H and O–H groups in total. The summed E-state index contributed by atoms with van der Waals surface area (Å²) >= 11 is 0. The number of benzene rings is 1. The normalized spacial score (nSPS) is 11.0. The van der Waals surface area contributed by atoms with E-state index < -0.39 is 0 Å². The molecule has 0 unspecified atom stereocenters. The maximum Gasteiger partial charge on any atom is 0.123 e. The van der Waals surface area contributed by atoms with Gasteiger partial charge in [0.25, 0.3) is 0 Å². The first-order chi connectivity index (χ1) is 9.34. The molecule has 0 fully saturated rings. The number of para-hydroxylation sites is 2. The summed E-state index contributed by atoms with van der Waals surface area (Å²) in [5.41, 5.74) is 3.25. The van der Waals surface area contributed by atoms with Crippen molar-refractivity contribution in [3.05, 3.63) is 60.2 Å². The van der Waals surface area contributed by atoms with E-state index in [1.165, 1.54) is 0 Å². The lowest BCUT2D eigenvalue weighted by atomic mass is 10.3. The van der Waals surface area contributed by atoms with Crippen molar-refractivity contribution in [2.75, 3.05) is 0 Å². The van der Waals surface area contributed by atoms with Crippen molar-refractivity contribution in [2.45, 2.75) is 13.1 Å². The number of imidazole rings is 1. The average Bonchev–Trinajstić information content (AvgIpc) is 2.78. The van der Waals surface area contributed by atoms with Gasteiger partial charge in [0.15, 0.2) is 0 Å². The van der Waals surface area contributed by atoms with Gasteiger partial charge in [0, 0.05) is 19.8 Å². The van der Waals surface area contributed by atoms with Crippen molar-refractivity contribution in [2.24, 2.45) is 7.05 Å². The molecule has 0 bridgehead atoms. The molecule has 0 amide bonds. The summed E-state index contributed by atoms with van der Waals surface area (Å²) in [5, 5.41) is 3.37. The Bertz CT molecular complexity index is 673. The second-order valence-electron chi connectivity index (χ2n) is 4.50. The van der Waals surface area contributed by atoms with Crippen LogP contribution in [0.4, 0.5) is 0 Å². The zero-order valence-corrected chi connectivity index (χ0v) is 10.9. The highest BCUT2D eigenvalue weighted by molar-refractivity contribution is 5.75. The van der Waals surface area contributed by atoms with Crippen LogP contribution in [0, 0.1) is 0 Å². The van der Waals surface area contributed by atoms with E-state index >= 15 is 0 Å². The minimum atomic E-state index is 0.738. The lowest BCUT2D eigenvalue weighted by Crippen LogP contribution is -2.16. The Morgan fingerprint density at radius 3 is 2.68 bits per heavy atom. The van der Waals surface area contributed by atoms with Crippen LogP contribution in [0.15, 0.2) is 48.7 Å². The largest absolute Gasteiger partial charge is 0.330 e. The zero-order valence-electron chi connectivity index (χ0n) is 10.9. The zero-order chi connectivity index (χ0) is 13.1. The quantitative estimate of drug-likeness (QED) is 0.774. The van der Waals surface area contributed by atoms with Crippen LogP contribution in [-0.4, -0.2) is 14.5 Å². The summed E-state index contributed by atoms with van der Waals surface area (Å²) in [6.45, 7) is 1.49. The van der Waals surface area contributed by atoms with Gasteiger partial charge in [-0.3, -0.25) is 4.98 Å². The van der Waals surface area contributed by atoms with E-state index in [4.69, 9.17) is 0 Å². The summed E-state index contributed by atoms with van der Waals surface area (Å²) in [5.74, 6) is 1.04. The smallest absolute Gasteiger partial charge is 0.123 e. The fourth-order valence-corrected chi connectivity index (χ4v) is 2.16. The van der Waals surface area contributed by atoms with Crippen LogP contribution in [0.1, 0.15) is 11.5 Å². The summed E-state index contributed by atoms with van der Waals surface area (Å²) in [4.78, 5) is 8.91. The van der Waals surface area contributed by atoms with E-state index in [2.05, 4.69) is 25.9 Å². The predicted molar refractivity (Wildman–Crippen MR) is 75.5 cm³/mol. The molecule has 0 saturated carbocycles. The highest BCUT2D eigenvalue weighted by atomic mass is 15.1. The lowest BCUT2D eigenvalue weighted by Gasteiger charge is -2.04. The number of hydrogen-bond donors (Lipinski definition) is 1. The predicted octanol–water partition coefficient (Wildman–Crippen LogP) is 2.26.